The average Bonchev–Trinajstić information content (AvgIpc) is 2.89. The molecule has 1 heterocycles. The molecule has 0 radical (unpaired) electrons. The molecule has 8 heteroatoms. The lowest BCUT2D eigenvalue weighted by molar-refractivity contribution is 0.580. The van der Waals surface area contributed by atoms with Gasteiger partial charge in [0.25, 0.3) is 0 Å². The van der Waals surface area contributed by atoms with Gasteiger partial charge in [0.2, 0.25) is 10.0 Å². The fourth-order valence-electron chi connectivity index (χ4n) is 1.52. The van der Waals surface area contributed by atoms with E-state index in [0.717, 1.165) is 17.7 Å². The van der Waals surface area contributed by atoms with Gasteiger partial charge in [-0.3, -0.25) is 0 Å². The van der Waals surface area contributed by atoms with Gasteiger partial charge < -0.3 is 5.73 Å². The van der Waals surface area contributed by atoms with Gasteiger partial charge in [0.05, 0.1) is 4.90 Å². The molecule has 0 saturated heterocycles. The number of nitrogens with one attached hydrogen (secondary N) is 1. The van der Waals surface area contributed by atoms with Crippen LogP contribution in [0.5, 0.6) is 0 Å². The van der Waals surface area contributed by atoms with Crippen LogP contribution in [-0.4, -0.2) is 13.4 Å². The van der Waals surface area contributed by atoms with Crippen LogP contribution >= 0.6 is 23.6 Å². The highest BCUT2D eigenvalue weighted by molar-refractivity contribution is 7.89. The van der Waals surface area contributed by atoms with E-state index in [1.165, 1.54) is 17.4 Å². The van der Waals surface area contributed by atoms with Crippen LogP contribution in [-0.2, 0) is 16.6 Å². The highest BCUT2D eigenvalue weighted by atomic mass is 32.2. The van der Waals surface area contributed by atoms with E-state index < -0.39 is 15.8 Å². The average molecular weight is 330 g/mol. The minimum Gasteiger partial charge on any atom is -0.389 e. The third-order valence-corrected chi connectivity index (χ3v) is 4.91. The standard InChI is InChI=1S/C12H11FN2O2S3/c13-11-2-1-9(5-10(11)12(14)18)20(16,17)15-6-8-3-4-19-7-8/h1-5,7,15H,6H2,(H2,14,18). The lowest BCUT2D eigenvalue weighted by Gasteiger charge is -2.08. The van der Waals surface area contributed by atoms with Crippen molar-refractivity contribution in [3.05, 3.63) is 52.0 Å². The summed E-state index contributed by atoms with van der Waals surface area (Å²) in [6, 6.07) is 5.16. The number of hydrogen-bond acceptors (Lipinski definition) is 4. The van der Waals surface area contributed by atoms with E-state index in [9.17, 15) is 12.8 Å². The Morgan fingerprint density at radius 1 is 1.40 bits per heavy atom. The van der Waals surface area contributed by atoms with Crippen LogP contribution < -0.4 is 10.5 Å². The van der Waals surface area contributed by atoms with Crippen molar-refractivity contribution in [2.24, 2.45) is 5.73 Å². The van der Waals surface area contributed by atoms with Gasteiger partial charge in [-0.1, -0.05) is 12.2 Å². The van der Waals surface area contributed by atoms with Crippen molar-refractivity contribution in [3.63, 3.8) is 0 Å². The molecular formula is C12H11FN2O2S3. The maximum absolute atomic E-state index is 13.4. The van der Waals surface area contributed by atoms with Crippen LogP contribution in [0.1, 0.15) is 11.1 Å². The molecule has 0 amide bonds. The molecule has 4 nitrogen and oxygen atoms in total. The van der Waals surface area contributed by atoms with Gasteiger partial charge >= 0.3 is 0 Å². The fourth-order valence-corrected chi connectivity index (χ4v) is 3.38. The number of benzene rings is 1. The number of thiophene rings is 1. The fraction of sp³-hybridized carbons (Fsp3) is 0.0833. The number of hydrogen-bond donors (Lipinski definition) is 2. The Bertz CT molecular complexity index is 727. The van der Waals surface area contributed by atoms with E-state index in [2.05, 4.69) is 16.9 Å². The van der Waals surface area contributed by atoms with Gasteiger partial charge in [0.1, 0.15) is 10.8 Å². The smallest absolute Gasteiger partial charge is 0.240 e. The zero-order chi connectivity index (χ0) is 14.8. The molecule has 0 atom stereocenters. The van der Waals surface area contributed by atoms with Crippen LogP contribution in [0.25, 0.3) is 0 Å². The molecule has 2 rings (SSSR count). The summed E-state index contributed by atoms with van der Waals surface area (Å²) < 4.78 is 40.1. The highest BCUT2D eigenvalue weighted by Crippen LogP contribution is 2.16. The topological polar surface area (TPSA) is 72.2 Å². The summed E-state index contributed by atoms with van der Waals surface area (Å²) >= 11 is 6.16. The minimum absolute atomic E-state index is 0.0723. The maximum atomic E-state index is 13.4. The van der Waals surface area contributed by atoms with Crippen molar-refractivity contribution in [3.8, 4) is 0 Å². The van der Waals surface area contributed by atoms with Gasteiger partial charge in [-0.15, -0.1) is 0 Å². The third kappa shape index (κ3) is 3.40. The minimum atomic E-state index is -3.74. The Balaban J connectivity index is 2.25. The van der Waals surface area contributed by atoms with Crippen molar-refractivity contribution in [2.75, 3.05) is 0 Å². The van der Waals surface area contributed by atoms with E-state index in [1.807, 2.05) is 16.8 Å². The van der Waals surface area contributed by atoms with Gasteiger partial charge in [-0.05, 0) is 40.6 Å². The third-order valence-electron chi connectivity index (χ3n) is 2.56. The summed E-state index contributed by atoms with van der Waals surface area (Å²) in [4.78, 5) is -0.255. The van der Waals surface area contributed by atoms with Crippen LogP contribution in [0.15, 0.2) is 39.9 Å². The zero-order valence-corrected chi connectivity index (χ0v) is 12.6. The zero-order valence-electron chi connectivity index (χ0n) is 10.2. The predicted octanol–water partition coefficient (Wildman–Crippen LogP) is 2.00. The van der Waals surface area contributed by atoms with Gasteiger partial charge in [0.15, 0.2) is 0 Å². The second kappa shape index (κ2) is 5.96. The lowest BCUT2D eigenvalue weighted by Crippen LogP contribution is -2.24. The van der Waals surface area contributed by atoms with Crippen molar-refractivity contribution in [1.29, 1.82) is 0 Å². The molecular weight excluding hydrogens is 319 g/mol. The molecule has 0 spiro atoms. The summed E-state index contributed by atoms with van der Waals surface area (Å²) in [6.45, 7) is 0.172. The van der Waals surface area contributed by atoms with Crippen molar-refractivity contribution < 1.29 is 12.8 Å². The first kappa shape index (κ1) is 15.0. The van der Waals surface area contributed by atoms with Crippen molar-refractivity contribution in [2.45, 2.75) is 11.4 Å². The number of thiocarbonyl (C=S) groups is 1. The quantitative estimate of drug-likeness (QED) is 0.823. The molecule has 0 aliphatic heterocycles. The molecule has 1 aromatic heterocycles. The van der Waals surface area contributed by atoms with E-state index >= 15 is 0 Å². The Labute approximate surface area is 125 Å². The van der Waals surface area contributed by atoms with E-state index in [-0.39, 0.29) is 22.0 Å². The summed E-state index contributed by atoms with van der Waals surface area (Å²) in [7, 11) is -3.74. The summed E-state index contributed by atoms with van der Waals surface area (Å²) in [5.74, 6) is -0.644. The first-order valence-electron chi connectivity index (χ1n) is 5.50. The Morgan fingerprint density at radius 3 is 2.75 bits per heavy atom. The molecule has 0 saturated carbocycles. The predicted molar refractivity (Wildman–Crippen MR) is 80.6 cm³/mol. The van der Waals surface area contributed by atoms with Crippen LogP contribution in [0.3, 0.4) is 0 Å². The second-order valence-corrected chi connectivity index (χ2v) is 6.95. The molecule has 2 aromatic rings. The van der Waals surface area contributed by atoms with E-state index in [1.54, 1.807) is 0 Å². The highest BCUT2D eigenvalue weighted by Gasteiger charge is 2.17. The molecule has 0 aliphatic carbocycles. The normalized spacial score (nSPS) is 11.4. The monoisotopic (exact) mass is 330 g/mol. The van der Waals surface area contributed by atoms with Gasteiger partial charge in [-0.2, -0.15) is 11.3 Å². The molecule has 0 fully saturated rings. The van der Waals surface area contributed by atoms with E-state index in [4.69, 9.17) is 5.73 Å². The first-order valence-corrected chi connectivity index (χ1v) is 8.33. The Hall–Kier alpha value is -1.35. The van der Waals surface area contributed by atoms with E-state index in [0.29, 0.717) is 0 Å². The second-order valence-electron chi connectivity index (χ2n) is 3.96. The number of halogens is 1. The molecule has 0 unspecified atom stereocenters. The summed E-state index contributed by atoms with van der Waals surface area (Å²) in [5, 5.41) is 3.69. The molecule has 3 N–H and O–H groups in total. The van der Waals surface area contributed by atoms with Crippen LogP contribution in [0.2, 0.25) is 0 Å². The van der Waals surface area contributed by atoms with Crippen molar-refractivity contribution in [1.82, 2.24) is 4.72 Å². The Morgan fingerprint density at radius 2 is 2.15 bits per heavy atom. The molecule has 0 bridgehead atoms. The van der Waals surface area contributed by atoms with Crippen molar-refractivity contribution >= 4 is 38.6 Å². The number of rotatable bonds is 5. The van der Waals surface area contributed by atoms with Gasteiger partial charge in [-0.25, -0.2) is 17.5 Å². The van der Waals surface area contributed by atoms with Gasteiger partial charge in [0, 0.05) is 12.1 Å². The SMILES string of the molecule is NC(=S)c1cc(S(=O)(=O)NCc2ccsc2)ccc1F. The van der Waals surface area contributed by atoms with Crippen LogP contribution in [0.4, 0.5) is 4.39 Å². The molecule has 106 valence electrons. The first-order chi connectivity index (χ1) is 9.40. The number of sulfonamides is 1. The summed E-state index contributed by atoms with van der Waals surface area (Å²) in [6.07, 6.45) is 0. The largest absolute Gasteiger partial charge is 0.389 e. The molecule has 0 aliphatic rings. The molecule has 20 heavy (non-hydrogen) atoms. The lowest BCUT2D eigenvalue weighted by atomic mass is 10.2. The van der Waals surface area contributed by atoms with Crippen LogP contribution in [0, 0.1) is 5.82 Å². The summed E-state index contributed by atoms with van der Waals surface area (Å²) in [5.41, 5.74) is 6.13. The number of nitrogens with two attached hydrogens (primary N) is 1. The maximum Gasteiger partial charge on any atom is 0.240 e. The molecule has 1 aromatic carbocycles. The Kier molecular flexibility index (Phi) is 4.48.